The van der Waals surface area contributed by atoms with Gasteiger partial charge in [-0.05, 0) is 108 Å². The summed E-state index contributed by atoms with van der Waals surface area (Å²) in [5, 5.41) is 30.8. The van der Waals surface area contributed by atoms with Crippen molar-refractivity contribution in [3.05, 3.63) is 77.9 Å². The van der Waals surface area contributed by atoms with Gasteiger partial charge in [0.25, 0.3) is 11.8 Å². The van der Waals surface area contributed by atoms with E-state index in [1.807, 2.05) is 19.9 Å². The number of imide groups is 1. The van der Waals surface area contributed by atoms with Crippen LogP contribution in [0.5, 0.6) is 0 Å². The Morgan fingerprint density at radius 3 is 2.21 bits per heavy atom. The molecule has 4 heterocycles. The van der Waals surface area contributed by atoms with Gasteiger partial charge in [0.05, 0.1) is 37.4 Å². The van der Waals surface area contributed by atoms with Crippen molar-refractivity contribution in [2.75, 3.05) is 25.0 Å². The maximum Gasteiger partial charge on any atom is 0.407 e. The molecule has 11 atom stereocenters. The molecule has 1 spiro atoms. The normalized spacial score (nSPS) is 26.3. The second-order valence-corrected chi connectivity index (χ2v) is 23.4. The number of aliphatic hydroxyl groups is 1. The second-order valence-electron chi connectivity index (χ2n) is 23.4. The number of nitrogens with zero attached hydrogens (tertiary/aromatic N) is 1. The van der Waals surface area contributed by atoms with Gasteiger partial charge in [-0.25, -0.2) is 9.59 Å². The number of rotatable bonds is 30. The molecule has 5 aliphatic rings. The molecule has 10 amide bonds. The van der Waals surface area contributed by atoms with E-state index in [0.29, 0.717) is 62.8 Å². The van der Waals surface area contributed by atoms with E-state index >= 15 is 0 Å². The topological polar surface area (TPSA) is 354 Å². The van der Waals surface area contributed by atoms with Crippen molar-refractivity contribution in [3.63, 3.8) is 0 Å². The summed E-state index contributed by atoms with van der Waals surface area (Å²) in [5.41, 5.74) is 6.38. The van der Waals surface area contributed by atoms with Gasteiger partial charge in [0.2, 0.25) is 29.5 Å². The number of epoxide rings is 1. The molecule has 1 saturated carbocycles. The van der Waals surface area contributed by atoms with Crippen LogP contribution in [-0.4, -0.2) is 162 Å². The third-order valence-corrected chi connectivity index (χ3v) is 15.8. The highest BCUT2D eigenvalue weighted by Crippen LogP contribution is 2.43. The summed E-state index contributed by atoms with van der Waals surface area (Å²) in [5.74, 6) is -3.36. The predicted octanol–water partition coefficient (Wildman–Crippen LogP) is 3.43. The summed E-state index contributed by atoms with van der Waals surface area (Å²) in [7, 11) is 0. The number of primary amides is 1. The van der Waals surface area contributed by atoms with Crippen LogP contribution in [0.1, 0.15) is 131 Å². The van der Waals surface area contributed by atoms with Crippen LogP contribution in [0, 0.1) is 11.8 Å². The molecule has 6 rings (SSSR count). The number of esters is 1. The SMILES string of the molecule is CC(=O)O[C@@H](C)/C=C\C(=O)N[C@@H]1C[C@H](C)[C@H](C/C=C(C)/C=C/[C@H]2O[C@H](CC(=O)NC3CC(NC(=O)OCc4ccc(NC(=O)[C@H](CCCNC(N)=O)NC(=O)[C@@H](NC(=O)CCCCCN5C(=O)C=CC5=O)C(C)C)cc4)C3)C[C@@]3(CO3)[C@@H]2O)O[C@@H]1C. The van der Waals surface area contributed by atoms with Crippen molar-refractivity contribution < 1.29 is 76.7 Å². The highest BCUT2D eigenvalue weighted by atomic mass is 16.6. The third kappa shape index (κ3) is 21.5. The molecule has 1 aliphatic carbocycles. The Morgan fingerprint density at radius 1 is 0.849 bits per heavy atom. The molecular formula is C61H87N9O16. The zero-order valence-electron chi connectivity index (χ0n) is 50.3. The van der Waals surface area contributed by atoms with Crippen molar-refractivity contribution in [2.24, 2.45) is 17.6 Å². The standard InChI is InChI=1S/C61H87N9O16/c1-35(2)55(69-50(72)13-9-8-10-27-70-53(75)24-25-54(70)76)58(79)68-46(12-11-26-63-59(62)80)57(78)65-42-19-17-41(18-20-42)33-82-60(81)66-44-29-43(30-44)64-52(74)31-45-32-61(34-83-61)56(77)49(86-45)22-15-36(3)14-21-48-37(4)28-47(39(6)85-48)67-51(73)23-16-38(5)84-40(7)71/h14-20,22-25,35,37-39,43-49,55-56,77H,8-13,21,26-34H2,1-7H3,(H,64,74)(H,65,78)(H,66,81)(H,67,73)(H,68,79)(H,69,72)(H3,62,63,80)/b22-15+,23-16-,36-14+/t37-,38-,39+,43?,44?,45+,46-,47+,48-,49+,55-,56+,61+/m0/s1. The van der Waals surface area contributed by atoms with Gasteiger partial charge in [0.15, 0.2) is 0 Å². The van der Waals surface area contributed by atoms with E-state index in [1.165, 1.54) is 31.2 Å². The monoisotopic (exact) mass is 1200 g/mol. The zero-order valence-corrected chi connectivity index (χ0v) is 50.3. The number of benzene rings is 1. The van der Waals surface area contributed by atoms with Crippen molar-refractivity contribution in [2.45, 2.75) is 205 Å². The molecule has 0 unspecified atom stereocenters. The van der Waals surface area contributed by atoms with Gasteiger partial charge < -0.3 is 71.7 Å². The number of ether oxygens (including phenoxy) is 5. The van der Waals surface area contributed by atoms with E-state index in [4.69, 9.17) is 29.4 Å². The number of unbranched alkanes of at least 4 members (excludes halogenated alkanes) is 2. The number of alkyl carbamates (subject to hydrolysis) is 1. The molecular weight excluding hydrogens is 1110 g/mol. The van der Waals surface area contributed by atoms with Crippen LogP contribution in [0.4, 0.5) is 15.3 Å². The lowest BCUT2D eigenvalue weighted by Gasteiger charge is -2.39. The molecule has 0 radical (unpaired) electrons. The molecule has 4 aliphatic heterocycles. The lowest BCUT2D eigenvalue weighted by molar-refractivity contribution is -0.146. The molecule has 0 bridgehead atoms. The smallest absolute Gasteiger partial charge is 0.407 e. The number of urea groups is 1. The molecule has 4 fully saturated rings. The van der Waals surface area contributed by atoms with E-state index in [1.54, 1.807) is 51.1 Å². The average Bonchev–Trinajstić information content (AvgIpc) is 1.64. The number of hydrogen-bond donors (Lipinski definition) is 9. The number of nitrogens with two attached hydrogens (primary N) is 1. The minimum absolute atomic E-state index is 0.0583. The average molecular weight is 1200 g/mol. The Balaban J connectivity index is 0.879. The number of carbonyl (C=O) groups is 10. The van der Waals surface area contributed by atoms with Gasteiger partial charge in [0.1, 0.15) is 42.6 Å². The maximum atomic E-state index is 13.6. The van der Waals surface area contributed by atoms with E-state index < -0.39 is 72.0 Å². The van der Waals surface area contributed by atoms with Crippen LogP contribution in [0.15, 0.2) is 72.4 Å². The zero-order chi connectivity index (χ0) is 62.7. The van der Waals surface area contributed by atoms with Gasteiger partial charge in [-0.3, -0.25) is 43.3 Å². The summed E-state index contributed by atoms with van der Waals surface area (Å²) in [6.07, 6.45) is 12.3. The highest BCUT2D eigenvalue weighted by molar-refractivity contribution is 6.12. The van der Waals surface area contributed by atoms with Crippen LogP contribution >= 0.6 is 0 Å². The van der Waals surface area contributed by atoms with Crippen molar-refractivity contribution in [1.29, 1.82) is 0 Å². The van der Waals surface area contributed by atoms with Crippen LogP contribution in [0.2, 0.25) is 0 Å². The molecule has 25 heteroatoms. The van der Waals surface area contributed by atoms with Crippen molar-refractivity contribution >= 4 is 65.1 Å². The Labute approximate surface area is 502 Å². The minimum Gasteiger partial charge on any atom is -0.459 e. The van der Waals surface area contributed by atoms with Crippen LogP contribution in [0.25, 0.3) is 0 Å². The summed E-state index contributed by atoms with van der Waals surface area (Å²) >= 11 is 0. The van der Waals surface area contributed by atoms with E-state index in [0.717, 1.165) is 16.9 Å². The molecule has 86 heavy (non-hydrogen) atoms. The molecule has 1 aromatic rings. The van der Waals surface area contributed by atoms with Crippen LogP contribution in [0.3, 0.4) is 0 Å². The maximum absolute atomic E-state index is 13.6. The first-order valence-corrected chi connectivity index (χ1v) is 29.8. The Hall–Kier alpha value is -7.48. The minimum atomic E-state index is -1.07. The number of amides is 10. The highest BCUT2D eigenvalue weighted by Gasteiger charge is 2.58. The second kappa shape index (κ2) is 32.3. The third-order valence-electron chi connectivity index (χ3n) is 15.8. The Morgan fingerprint density at radius 2 is 1.55 bits per heavy atom. The summed E-state index contributed by atoms with van der Waals surface area (Å²) in [4.78, 5) is 126. The lowest BCUT2D eigenvalue weighted by atomic mass is 9.85. The largest absolute Gasteiger partial charge is 0.459 e. The van der Waals surface area contributed by atoms with E-state index in [2.05, 4.69) is 50.2 Å². The number of nitrogens with one attached hydrogen (secondary N) is 7. The van der Waals surface area contributed by atoms with Gasteiger partial charge in [-0.1, -0.05) is 63.1 Å². The fourth-order valence-electron chi connectivity index (χ4n) is 10.7. The molecule has 0 aromatic heterocycles. The van der Waals surface area contributed by atoms with Crippen molar-refractivity contribution in [3.8, 4) is 0 Å². The fraction of sp³-hybridized carbons (Fsp3) is 0.607. The number of anilines is 1. The summed E-state index contributed by atoms with van der Waals surface area (Å²) in [6, 6.07) is 3.19. The predicted molar refractivity (Wildman–Crippen MR) is 314 cm³/mol. The van der Waals surface area contributed by atoms with Gasteiger partial charge in [-0.2, -0.15) is 0 Å². The van der Waals surface area contributed by atoms with Crippen molar-refractivity contribution in [1.82, 2.24) is 36.8 Å². The van der Waals surface area contributed by atoms with Gasteiger partial charge in [0, 0.05) is 68.9 Å². The lowest BCUT2D eigenvalue weighted by Crippen LogP contribution is -2.55. The van der Waals surface area contributed by atoms with Gasteiger partial charge in [-0.15, -0.1) is 0 Å². The fourth-order valence-corrected chi connectivity index (χ4v) is 10.7. The summed E-state index contributed by atoms with van der Waals surface area (Å²) in [6.45, 7) is 13.1. The number of allylic oxidation sites excluding steroid dienone is 2. The Kier molecular flexibility index (Phi) is 25.4. The Bertz CT molecular complexity index is 2690. The number of aliphatic hydroxyl groups excluding tert-OH is 1. The molecule has 1 aromatic carbocycles. The number of carbonyl (C=O) groups excluding carboxylic acids is 10. The first kappa shape index (κ1) is 67.6. The quantitative estimate of drug-likeness (QED) is 0.0133. The van der Waals surface area contributed by atoms with Gasteiger partial charge >= 0.3 is 18.1 Å². The van der Waals surface area contributed by atoms with Crippen LogP contribution in [-0.2, 0) is 68.6 Å². The first-order chi connectivity index (χ1) is 40.9. The number of hydrogen-bond acceptors (Lipinski definition) is 16. The van der Waals surface area contributed by atoms with Crippen LogP contribution < -0.4 is 43.0 Å². The molecule has 472 valence electrons. The molecule has 10 N–H and O–H groups in total. The van der Waals surface area contributed by atoms with E-state index in [9.17, 15) is 53.1 Å². The first-order valence-electron chi connectivity index (χ1n) is 29.8. The summed E-state index contributed by atoms with van der Waals surface area (Å²) < 4.78 is 28.8. The molecule has 25 nitrogen and oxygen atoms in total. The van der Waals surface area contributed by atoms with E-state index in [-0.39, 0.29) is 117 Å². The molecule has 3 saturated heterocycles.